The summed E-state index contributed by atoms with van der Waals surface area (Å²) >= 11 is 5.92. The first-order valence-corrected chi connectivity index (χ1v) is 5.29. The molecule has 6 heteroatoms. The molecule has 0 spiro atoms. The molecule has 1 aromatic heterocycles. The van der Waals surface area contributed by atoms with E-state index in [4.69, 9.17) is 17.3 Å². The van der Waals surface area contributed by atoms with E-state index in [1.54, 1.807) is 6.20 Å². The molecule has 82 valence electrons. The maximum Gasteiger partial charge on any atom is 0.287 e. The van der Waals surface area contributed by atoms with Crippen molar-refractivity contribution in [2.45, 2.75) is 32.0 Å². The Bertz CT molecular complexity index is 431. The average molecular weight is 229 g/mol. The standard InChI is InChI=1S/C9H13ClN4O/c1-2-14-9(15)8(10)7(4-12-14)13-6-3-5(6)11/h4-6,13H,2-3,11H2,1H3. The van der Waals surface area contributed by atoms with Crippen LogP contribution in [-0.4, -0.2) is 21.9 Å². The van der Waals surface area contributed by atoms with E-state index >= 15 is 0 Å². The molecule has 1 aliphatic carbocycles. The Morgan fingerprint density at radius 2 is 2.47 bits per heavy atom. The van der Waals surface area contributed by atoms with Crippen molar-refractivity contribution in [3.63, 3.8) is 0 Å². The van der Waals surface area contributed by atoms with Gasteiger partial charge in [0.05, 0.1) is 11.9 Å². The monoisotopic (exact) mass is 228 g/mol. The molecule has 1 fully saturated rings. The molecule has 0 amide bonds. The van der Waals surface area contributed by atoms with Gasteiger partial charge in [0, 0.05) is 18.6 Å². The van der Waals surface area contributed by atoms with Crippen LogP contribution in [0.2, 0.25) is 5.02 Å². The smallest absolute Gasteiger partial charge is 0.287 e. The fourth-order valence-electron chi connectivity index (χ4n) is 1.37. The van der Waals surface area contributed by atoms with Crippen LogP contribution < -0.4 is 16.6 Å². The summed E-state index contributed by atoms with van der Waals surface area (Å²) in [6.45, 7) is 2.36. The van der Waals surface area contributed by atoms with E-state index in [2.05, 4.69) is 10.4 Å². The number of rotatable bonds is 3. The lowest BCUT2D eigenvalue weighted by atomic mass is 10.4. The van der Waals surface area contributed by atoms with E-state index in [0.29, 0.717) is 12.2 Å². The highest BCUT2D eigenvalue weighted by molar-refractivity contribution is 6.32. The molecule has 2 rings (SSSR count). The zero-order valence-corrected chi connectivity index (χ0v) is 9.16. The molecule has 0 bridgehead atoms. The largest absolute Gasteiger partial charge is 0.378 e. The first kappa shape index (κ1) is 10.4. The highest BCUT2D eigenvalue weighted by atomic mass is 35.5. The second kappa shape index (κ2) is 3.83. The first-order valence-electron chi connectivity index (χ1n) is 4.91. The number of hydrogen-bond donors (Lipinski definition) is 2. The Morgan fingerprint density at radius 1 is 1.80 bits per heavy atom. The van der Waals surface area contributed by atoms with Crippen molar-refractivity contribution in [3.8, 4) is 0 Å². The molecule has 2 unspecified atom stereocenters. The van der Waals surface area contributed by atoms with Gasteiger partial charge in [-0.2, -0.15) is 5.10 Å². The molecule has 0 saturated heterocycles. The molecule has 2 atom stereocenters. The Balaban J connectivity index is 2.25. The highest BCUT2D eigenvalue weighted by Gasteiger charge is 2.33. The Hall–Kier alpha value is -1.07. The van der Waals surface area contributed by atoms with Crippen molar-refractivity contribution in [1.82, 2.24) is 9.78 Å². The fraction of sp³-hybridized carbons (Fsp3) is 0.556. The molecule has 1 aromatic rings. The molecule has 3 N–H and O–H groups in total. The van der Waals surface area contributed by atoms with Gasteiger partial charge in [0.15, 0.2) is 0 Å². The maximum absolute atomic E-state index is 11.6. The first-order chi connectivity index (χ1) is 7.13. The van der Waals surface area contributed by atoms with Crippen molar-refractivity contribution in [1.29, 1.82) is 0 Å². The molecule has 1 heterocycles. The van der Waals surface area contributed by atoms with Crippen molar-refractivity contribution < 1.29 is 0 Å². The lowest BCUT2D eigenvalue weighted by Crippen LogP contribution is -2.24. The number of nitrogens with zero attached hydrogens (tertiary/aromatic N) is 2. The Kier molecular flexibility index (Phi) is 2.67. The van der Waals surface area contributed by atoms with E-state index in [1.807, 2.05) is 6.92 Å². The van der Waals surface area contributed by atoms with Gasteiger partial charge < -0.3 is 11.1 Å². The summed E-state index contributed by atoms with van der Waals surface area (Å²) in [4.78, 5) is 11.6. The molecular weight excluding hydrogens is 216 g/mol. The lowest BCUT2D eigenvalue weighted by molar-refractivity contribution is 0.616. The molecule has 0 radical (unpaired) electrons. The quantitative estimate of drug-likeness (QED) is 0.787. The van der Waals surface area contributed by atoms with Crippen LogP contribution >= 0.6 is 11.6 Å². The van der Waals surface area contributed by atoms with E-state index in [9.17, 15) is 4.79 Å². The maximum atomic E-state index is 11.6. The molecule has 0 aliphatic heterocycles. The zero-order valence-electron chi connectivity index (χ0n) is 8.40. The summed E-state index contributed by atoms with van der Waals surface area (Å²) in [5.74, 6) is 0. The van der Waals surface area contributed by atoms with Crippen LogP contribution in [0.3, 0.4) is 0 Å². The molecule has 1 saturated carbocycles. The highest BCUT2D eigenvalue weighted by Crippen LogP contribution is 2.26. The molecular formula is C9H13ClN4O. The van der Waals surface area contributed by atoms with E-state index < -0.39 is 0 Å². The van der Waals surface area contributed by atoms with Crippen molar-refractivity contribution >= 4 is 17.3 Å². The molecule has 0 aromatic carbocycles. The van der Waals surface area contributed by atoms with Crippen LogP contribution in [0.1, 0.15) is 13.3 Å². The minimum absolute atomic E-state index is 0.162. The number of aromatic nitrogens is 2. The van der Waals surface area contributed by atoms with Crippen LogP contribution in [0.4, 0.5) is 5.69 Å². The van der Waals surface area contributed by atoms with Crippen LogP contribution in [0.5, 0.6) is 0 Å². The third-order valence-corrected chi connectivity index (χ3v) is 2.83. The number of nitrogens with two attached hydrogens (primary N) is 1. The number of hydrogen-bond acceptors (Lipinski definition) is 4. The summed E-state index contributed by atoms with van der Waals surface area (Å²) < 4.78 is 1.32. The van der Waals surface area contributed by atoms with Crippen LogP contribution in [0.15, 0.2) is 11.0 Å². The number of aryl methyl sites for hydroxylation is 1. The van der Waals surface area contributed by atoms with E-state index in [0.717, 1.165) is 6.42 Å². The zero-order chi connectivity index (χ0) is 11.0. The topological polar surface area (TPSA) is 72.9 Å². The third-order valence-electron chi connectivity index (χ3n) is 2.47. The van der Waals surface area contributed by atoms with Crippen molar-refractivity contribution in [2.75, 3.05) is 5.32 Å². The average Bonchev–Trinajstić information content (AvgIpc) is 2.90. The Morgan fingerprint density at radius 3 is 3.00 bits per heavy atom. The van der Waals surface area contributed by atoms with Gasteiger partial charge in [0.1, 0.15) is 5.02 Å². The van der Waals surface area contributed by atoms with E-state index in [1.165, 1.54) is 4.68 Å². The number of anilines is 1. The van der Waals surface area contributed by atoms with Gasteiger partial charge in [-0.25, -0.2) is 4.68 Å². The lowest BCUT2D eigenvalue weighted by Gasteiger charge is -2.08. The third kappa shape index (κ3) is 1.98. The van der Waals surface area contributed by atoms with Gasteiger partial charge in [-0.15, -0.1) is 0 Å². The van der Waals surface area contributed by atoms with E-state index in [-0.39, 0.29) is 22.7 Å². The minimum atomic E-state index is -0.265. The van der Waals surface area contributed by atoms with Gasteiger partial charge >= 0.3 is 0 Å². The fourth-order valence-corrected chi connectivity index (χ4v) is 1.57. The summed E-state index contributed by atoms with van der Waals surface area (Å²) in [7, 11) is 0. The predicted octanol–water partition coefficient (Wildman–Crippen LogP) is 0.428. The van der Waals surface area contributed by atoms with Gasteiger partial charge in [0.25, 0.3) is 5.56 Å². The van der Waals surface area contributed by atoms with Gasteiger partial charge in [-0.3, -0.25) is 4.79 Å². The summed E-state index contributed by atoms with van der Waals surface area (Å²) in [5.41, 5.74) is 5.96. The Labute approximate surface area is 92.2 Å². The van der Waals surface area contributed by atoms with Crippen LogP contribution in [0, 0.1) is 0 Å². The second-order valence-corrected chi connectivity index (χ2v) is 4.02. The summed E-state index contributed by atoms with van der Waals surface area (Å²) in [6, 6.07) is 0.385. The molecule has 5 nitrogen and oxygen atoms in total. The summed E-state index contributed by atoms with van der Waals surface area (Å²) in [5, 5.41) is 7.26. The normalized spacial score (nSPS) is 23.9. The van der Waals surface area contributed by atoms with Crippen LogP contribution in [-0.2, 0) is 6.54 Å². The second-order valence-electron chi connectivity index (χ2n) is 3.64. The van der Waals surface area contributed by atoms with Crippen LogP contribution in [0.25, 0.3) is 0 Å². The molecule has 15 heavy (non-hydrogen) atoms. The van der Waals surface area contributed by atoms with Crippen molar-refractivity contribution in [3.05, 3.63) is 21.6 Å². The number of nitrogens with one attached hydrogen (secondary N) is 1. The number of halogens is 1. The summed E-state index contributed by atoms with van der Waals surface area (Å²) in [6.07, 6.45) is 2.48. The molecule has 1 aliphatic rings. The van der Waals surface area contributed by atoms with Crippen molar-refractivity contribution in [2.24, 2.45) is 5.73 Å². The minimum Gasteiger partial charge on any atom is -0.378 e. The SMILES string of the molecule is CCn1ncc(NC2CC2N)c(Cl)c1=O. The van der Waals surface area contributed by atoms with Gasteiger partial charge in [-0.1, -0.05) is 11.6 Å². The predicted molar refractivity (Wildman–Crippen MR) is 59.2 cm³/mol. The van der Waals surface area contributed by atoms with Gasteiger partial charge in [-0.05, 0) is 13.3 Å². The van der Waals surface area contributed by atoms with Gasteiger partial charge in [0.2, 0.25) is 0 Å².